The number of fused-ring (bicyclic) bond motifs is 5. The minimum Gasteiger partial charge on any atom is -0.462 e. The van der Waals surface area contributed by atoms with Crippen LogP contribution < -0.4 is 0 Å². The van der Waals surface area contributed by atoms with E-state index in [4.69, 9.17) is 14.2 Å². The van der Waals surface area contributed by atoms with Gasteiger partial charge in [0.1, 0.15) is 11.9 Å². The fraction of sp³-hybridized carbons (Fsp3) is 0.920. The predicted octanol–water partition coefficient (Wildman–Crippen LogP) is 3.63. The number of rotatable bonds is 2. The molecule has 0 spiro atoms. The maximum absolute atomic E-state index is 12.5. The maximum Gasteiger partial charge on any atom is 0.302 e. The molecule has 31 heavy (non-hydrogen) atoms. The van der Waals surface area contributed by atoms with Crippen molar-refractivity contribution in [1.82, 2.24) is 0 Å². The third-order valence-electron chi connectivity index (χ3n) is 10.5. The molecule has 5 aliphatic rings. The van der Waals surface area contributed by atoms with Crippen LogP contribution >= 0.6 is 0 Å². The third kappa shape index (κ3) is 2.86. The molecule has 1 saturated heterocycles. The summed E-state index contributed by atoms with van der Waals surface area (Å²) in [6.07, 6.45) is 5.93. The summed E-state index contributed by atoms with van der Waals surface area (Å²) in [5, 5.41) is 12.5. The van der Waals surface area contributed by atoms with Gasteiger partial charge in [0.25, 0.3) is 0 Å². The summed E-state index contributed by atoms with van der Waals surface area (Å²) in [5.74, 6) is 0.0394. The summed E-state index contributed by atoms with van der Waals surface area (Å²) >= 11 is 0. The molecule has 4 saturated carbocycles. The molecule has 4 aliphatic carbocycles. The minimum absolute atomic E-state index is 0.00856. The second-order valence-electron chi connectivity index (χ2n) is 11.6. The van der Waals surface area contributed by atoms with E-state index in [1.807, 2.05) is 6.92 Å². The number of hydrogen-bond acceptors (Lipinski definition) is 6. The van der Waals surface area contributed by atoms with Crippen molar-refractivity contribution in [2.24, 2.45) is 34.5 Å². The fourth-order valence-electron chi connectivity index (χ4n) is 8.90. The van der Waals surface area contributed by atoms with Gasteiger partial charge in [0, 0.05) is 31.1 Å². The molecule has 8 atom stereocenters. The Hall–Kier alpha value is -0.980. The molecule has 5 rings (SSSR count). The van der Waals surface area contributed by atoms with Gasteiger partial charge < -0.3 is 19.3 Å². The van der Waals surface area contributed by atoms with E-state index in [2.05, 4.69) is 13.8 Å². The average Bonchev–Trinajstić information content (AvgIpc) is 3.25. The lowest BCUT2D eigenvalue weighted by Gasteiger charge is -2.65. The number of esters is 1. The van der Waals surface area contributed by atoms with Crippen molar-refractivity contribution in [3.63, 3.8) is 0 Å². The Morgan fingerprint density at radius 2 is 1.77 bits per heavy atom. The van der Waals surface area contributed by atoms with Crippen LogP contribution in [0.3, 0.4) is 0 Å². The van der Waals surface area contributed by atoms with E-state index in [-0.39, 0.29) is 35.2 Å². The molecule has 0 radical (unpaired) electrons. The topological polar surface area (TPSA) is 82.1 Å². The van der Waals surface area contributed by atoms with E-state index in [0.29, 0.717) is 44.2 Å². The molecule has 1 heterocycles. The van der Waals surface area contributed by atoms with Gasteiger partial charge in [0.15, 0.2) is 5.79 Å². The molecule has 1 N–H and O–H groups in total. The first kappa shape index (κ1) is 21.8. The lowest BCUT2D eigenvalue weighted by atomic mass is 9.42. The van der Waals surface area contributed by atoms with Crippen molar-refractivity contribution in [3.05, 3.63) is 0 Å². The zero-order valence-corrected chi connectivity index (χ0v) is 19.4. The summed E-state index contributed by atoms with van der Waals surface area (Å²) in [6.45, 7) is 9.01. The van der Waals surface area contributed by atoms with Crippen molar-refractivity contribution in [2.75, 3.05) is 13.2 Å². The molecule has 0 bridgehead atoms. The third-order valence-corrected chi connectivity index (χ3v) is 10.5. The largest absolute Gasteiger partial charge is 0.462 e. The Bertz CT molecular complexity index is 774. The van der Waals surface area contributed by atoms with Crippen LogP contribution in [0, 0.1) is 34.5 Å². The van der Waals surface area contributed by atoms with E-state index in [0.717, 1.165) is 32.1 Å². The van der Waals surface area contributed by atoms with Crippen molar-refractivity contribution >= 4 is 11.8 Å². The molecular formula is C25H38O6. The van der Waals surface area contributed by atoms with Gasteiger partial charge in [-0.05, 0) is 68.6 Å². The van der Waals surface area contributed by atoms with Gasteiger partial charge in [-0.25, -0.2) is 0 Å². The van der Waals surface area contributed by atoms with E-state index < -0.39 is 16.8 Å². The molecule has 6 heteroatoms. The van der Waals surface area contributed by atoms with Crippen LogP contribution in [0.25, 0.3) is 0 Å². The quantitative estimate of drug-likeness (QED) is 0.669. The van der Waals surface area contributed by atoms with E-state index in [9.17, 15) is 14.7 Å². The highest BCUT2D eigenvalue weighted by Crippen LogP contribution is 2.70. The molecule has 174 valence electrons. The van der Waals surface area contributed by atoms with Crippen molar-refractivity contribution in [3.8, 4) is 0 Å². The van der Waals surface area contributed by atoms with Crippen molar-refractivity contribution in [2.45, 2.75) is 96.6 Å². The van der Waals surface area contributed by atoms with Gasteiger partial charge in [-0.2, -0.15) is 0 Å². The SMILES string of the molecule is CC(=O)O[C@@H]1C[C@H]2[C@@H](CCC3CC(=O)CC[C@@]32C)[C@@]2(O)CC[C@H](C3(C)OCCO3)[C@@]12C. The summed E-state index contributed by atoms with van der Waals surface area (Å²) in [4.78, 5) is 24.4. The second-order valence-corrected chi connectivity index (χ2v) is 11.6. The first-order chi connectivity index (χ1) is 14.5. The number of ether oxygens (including phenoxy) is 3. The molecule has 6 nitrogen and oxygen atoms in total. The van der Waals surface area contributed by atoms with Gasteiger partial charge in [-0.3, -0.25) is 9.59 Å². The summed E-state index contributed by atoms with van der Waals surface area (Å²) in [6, 6.07) is 0. The standard InChI is InChI=1S/C25H38O6/c1-15(26)31-21-14-19-18(6-5-16-13-17(27)7-9-22(16,19)2)25(28)10-8-20(23(21,25)3)24(4)29-11-12-30-24/h16,18-21,28H,5-14H2,1-4H3/t16?,18-,19+,20+,21-,22+,23+,25+/m1/s1. The first-order valence-corrected chi connectivity index (χ1v) is 12.2. The number of carbonyl (C=O) groups excluding carboxylic acids is 2. The minimum atomic E-state index is -0.936. The first-order valence-electron chi connectivity index (χ1n) is 12.2. The van der Waals surface area contributed by atoms with Crippen molar-refractivity contribution in [1.29, 1.82) is 0 Å². The number of ketones is 1. The van der Waals surface area contributed by atoms with Crippen LogP contribution in [0.15, 0.2) is 0 Å². The highest BCUT2D eigenvalue weighted by Gasteiger charge is 2.74. The van der Waals surface area contributed by atoms with E-state index in [1.165, 1.54) is 6.92 Å². The van der Waals surface area contributed by atoms with Gasteiger partial charge in [-0.1, -0.05) is 13.8 Å². The van der Waals surface area contributed by atoms with Crippen LogP contribution in [-0.4, -0.2) is 47.6 Å². The van der Waals surface area contributed by atoms with Crippen LogP contribution in [0.2, 0.25) is 0 Å². The molecule has 0 amide bonds. The lowest BCUT2D eigenvalue weighted by molar-refractivity contribution is -0.285. The Balaban J connectivity index is 1.57. The Labute approximate surface area is 185 Å². The monoisotopic (exact) mass is 434 g/mol. The van der Waals surface area contributed by atoms with E-state index in [1.54, 1.807) is 0 Å². The number of carbonyl (C=O) groups is 2. The normalized spacial score (nSPS) is 51.0. The van der Waals surface area contributed by atoms with Gasteiger partial charge in [0.05, 0.1) is 18.8 Å². The second kappa shape index (κ2) is 7.01. The van der Waals surface area contributed by atoms with E-state index >= 15 is 0 Å². The summed E-state index contributed by atoms with van der Waals surface area (Å²) in [5.41, 5.74) is -1.56. The van der Waals surface area contributed by atoms with Gasteiger partial charge >= 0.3 is 5.97 Å². The van der Waals surface area contributed by atoms with Crippen LogP contribution in [0.1, 0.15) is 79.1 Å². The average molecular weight is 435 g/mol. The zero-order chi connectivity index (χ0) is 22.2. The van der Waals surface area contributed by atoms with Gasteiger partial charge in [-0.15, -0.1) is 0 Å². The summed E-state index contributed by atoms with van der Waals surface area (Å²) in [7, 11) is 0. The lowest BCUT2D eigenvalue weighted by Crippen LogP contribution is -2.69. The Kier molecular flexibility index (Phi) is 4.94. The van der Waals surface area contributed by atoms with Crippen LogP contribution in [0.4, 0.5) is 0 Å². The molecule has 0 aromatic rings. The Morgan fingerprint density at radius 3 is 2.45 bits per heavy atom. The molecular weight excluding hydrogens is 396 g/mol. The van der Waals surface area contributed by atoms with Crippen molar-refractivity contribution < 1.29 is 28.9 Å². The molecule has 5 fully saturated rings. The Morgan fingerprint density at radius 1 is 1.06 bits per heavy atom. The zero-order valence-electron chi connectivity index (χ0n) is 19.4. The molecule has 1 unspecified atom stereocenters. The predicted molar refractivity (Wildman–Crippen MR) is 113 cm³/mol. The smallest absolute Gasteiger partial charge is 0.302 e. The number of Topliss-reactive ketones (excluding diaryl/α,β-unsaturated/α-hetero) is 1. The number of hydrogen-bond donors (Lipinski definition) is 1. The molecule has 0 aromatic heterocycles. The highest BCUT2D eigenvalue weighted by molar-refractivity contribution is 5.79. The van der Waals surface area contributed by atoms with Gasteiger partial charge in [0.2, 0.25) is 0 Å². The molecule has 0 aromatic carbocycles. The van der Waals surface area contributed by atoms with Crippen LogP contribution in [0.5, 0.6) is 0 Å². The number of aliphatic hydroxyl groups is 1. The fourth-order valence-corrected chi connectivity index (χ4v) is 8.90. The molecule has 1 aliphatic heterocycles. The summed E-state index contributed by atoms with van der Waals surface area (Å²) < 4.78 is 18.2. The highest BCUT2D eigenvalue weighted by atomic mass is 16.7. The maximum atomic E-state index is 12.5. The van der Waals surface area contributed by atoms with Crippen LogP contribution in [-0.2, 0) is 23.8 Å².